The number of hydrogen-bond acceptors (Lipinski definition) is 3. The SMILES string of the molecule is O=C(c1ccc(Cl)cc1)c1cccnc1Cl.O=S(Cl)Cl. The van der Waals surface area contributed by atoms with Gasteiger partial charge in [-0.2, -0.15) is 0 Å². The van der Waals surface area contributed by atoms with Crippen molar-refractivity contribution in [3.8, 4) is 0 Å². The highest BCUT2D eigenvalue weighted by atomic mass is 36.0. The van der Waals surface area contributed by atoms with Crippen LogP contribution >= 0.6 is 44.6 Å². The van der Waals surface area contributed by atoms with Crippen LogP contribution in [0.25, 0.3) is 0 Å². The second-order valence-corrected chi connectivity index (χ2v) is 6.68. The molecule has 0 saturated heterocycles. The van der Waals surface area contributed by atoms with Crippen molar-refractivity contribution >= 4 is 59.6 Å². The third-order valence-corrected chi connectivity index (χ3v) is 2.66. The van der Waals surface area contributed by atoms with E-state index in [1.165, 1.54) is 0 Å². The lowest BCUT2D eigenvalue weighted by atomic mass is 10.1. The lowest BCUT2D eigenvalue weighted by molar-refractivity contribution is 0.103. The molecule has 0 aliphatic carbocycles. The smallest absolute Gasteiger partial charge is 0.211 e. The summed E-state index contributed by atoms with van der Waals surface area (Å²) in [5.74, 6) is -0.158. The molecule has 1 heterocycles. The number of carbonyl (C=O) groups is 1. The second kappa shape index (κ2) is 8.60. The first-order valence-electron chi connectivity index (χ1n) is 5.07. The van der Waals surface area contributed by atoms with Gasteiger partial charge >= 0.3 is 0 Å². The van der Waals surface area contributed by atoms with Gasteiger partial charge in [0.1, 0.15) is 5.15 Å². The number of ketones is 1. The van der Waals surface area contributed by atoms with Gasteiger partial charge in [0, 0.05) is 38.1 Å². The van der Waals surface area contributed by atoms with Crippen molar-refractivity contribution in [2.24, 2.45) is 0 Å². The molecular formula is C12H7Cl4NO2S. The summed E-state index contributed by atoms with van der Waals surface area (Å²) in [6.45, 7) is 0. The van der Waals surface area contributed by atoms with Gasteiger partial charge in [0.2, 0.25) is 9.23 Å². The van der Waals surface area contributed by atoms with Crippen molar-refractivity contribution in [1.29, 1.82) is 0 Å². The van der Waals surface area contributed by atoms with Crippen LogP contribution in [0.2, 0.25) is 10.2 Å². The van der Waals surface area contributed by atoms with Gasteiger partial charge in [0.25, 0.3) is 0 Å². The summed E-state index contributed by atoms with van der Waals surface area (Å²) in [5.41, 5.74) is 0.936. The molecule has 1 aromatic carbocycles. The Morgan fingerprint density at radius 3 is 2.10 bits per heavy atom. The molecule has 106 valence electrons. The lowest BCUT2D eigenvalue weighted by Gasteiger charge is -2.02. The fraction of sp³-hybridized carbons (Fsp3) is 0. The highest BCUT2D eigenvalue weighted by molar-refractivity contribution is 8.26. The third-order valence-electron chi connectivity index (χ3n) is 2.11. The third kappa shape index (κ3) is 5.77. The van der Waals surface area contributed by atoms with Gasteiger partial charge in [-0.05, 0) is 36.4 Å². The number of rotatable bonds is 2. The van der Waals surface area contributed by atoms with Gasteiger partial charge in [-0.25, -0.2) is 9.19 Å². The van der Waals surface area contributed by atoms with Crippen molar-refractivity contribution in [3.05, 3.63) is 63.9 Å². The van der Waals surface area contributed by atoms with Crippen molar-refractivity contribution in [3.63, 3.8) is 0 Å². The van der Waals surface area contributed by atoms with Gasteiger partial charge in [-0.1, -0.05) is 23.2 Å². The topological polar surface area (TPSA) is 47.0 Å². The number of halogens is 4. The first kappa shape index (κ1) is 17.4. The normalized spacial score (nSPS) is 9.85. The highest BCUT2D eigenvalue weighted by Gasteiger charge is 2.12. The van der Waals surface area contributed by atoms with Crippen LogP contribution in [0.15, 0.2) is 42.6 Å². The molecule has 20 heavy (non-hydrogen) atoms. The van der Waals surface area contributed by atoms with Crippen molar-refractivity contribution in [1.82, 2.24) is 4.98 Å². The summed E-state index contributed by atoms with van der Waals surface area (Å²) < 4.78 is 9.09. The highest BCUT2D eigenvalue weighted by Crippen LogP contribution is 2.18. The number of pyridine rings is 1. The Morgan fingerprint density at radius 2 is 1.60 bits per heavy atom. The number of nitrogens with zero attached hydrogens (tertiary/aromatic N) is 1. The van der Waals surface area contributed by atoms with Crippen LogP contribution in [0.1, 0.15) is 15.9 Å². The van der Waals surface area contributed by atoms with Crippen LogP contribution in [-0.2, 0) is 9.23 Å². The molecule has 0 unspecified atom stereocenters. The van der Waals surface area contributed by atoms with Crippen LogP contribution < -0.4 is 0 Å². The van der Waals surface area contributed by atoms with Gasteiger partial charge in [0.15, 0.2) is 5.78 Å². The molecule has 2 aromatic rings. The molecule has 0 radical (unpaired) electrons. The van der Waals surface area contributed by atoms with Crippen LogP contribution in [-0.4, -0.2) is 15.0 Å². The van der Waals surface area contributed by atoms with E-state index in [4.69, 9.17) is 27.4 Å². The second-order valence-electron chi connectivity index (χ2n) is 3.36. The Balaban J connectivity index is 0.000000444. The summed E-state index contributed by atoms with van der Waals surface area (Å²) in [6.07, 6.45) is 1.54. The van der Waals surface area contributed by atoms with Crippen molar-refractivity contribution in [2.45, 2.75) is 0 Å². The van der Waals surface area contributed by atoms with Gasteiger partial charge in [-0.15, -0.1) is 0 Å². The maximum absolute atomic E-state index is 12.0. The number of aromatic nitrogens is 1. The fourth-order valence-electron chi connectivity index (χ4n) is 1.31. The standard InChI is InChI=1S/C12H7Cl2NO.Cl2OS/c13-9-5-3-8(4-6-9)11(16)10-2-1-7-15-12(10)14;1-4(2)3/h1-7H;. The first-order chi connectivity index (χ1) is 9.41. The Bertz CT molecular complexity index is 615. The van der Waals surface area contributed by atoms with E-state index >= 15 is 0 Å². The Kier molecular flexibility index (Phi) is 7.48. The summed E-state index contributed by atoms with van der Waals surface area (Å²) in [4.78, 5) is 15.9. The molecule has 2 rings (SSSR count). The van der Waals surface area contributed by atoms with E-state index in [9.17, 15) is 4.79 Å². The van der Waals surface area contributed by atoms with E-state index in [-0.39, 0.29) is 10.9 Å². The summed E-state index contributed by atoms with van der Waals surface area (Å²) >= 11 is 11.6. The quantitative estimate of drug-likeness (QED) is 0.438. The number of hydrogen-bond donors (Lipinski definition) is 0. The largest absolute Gasteiger partial charge is 0.288 e. The van der Waals surface area contributed by atoms with E-state index < -0.39 is 9.23 Å². The van der Waals surface area contributed by atoms with E-state index in [1.807, 2.05) is 0 Å². The van der Waals surface area contributed by atoms with E-state index in [2.05, 4.69) is 26.3 Å². The summed E-state index contributed by atoms with van der Waals surface area (Å²) in [6, 6.07) is 9.97. The van der Waals surface area contributed by atoms with E-state index in [1.54, 1.807) is 42.6 Å². The van der Waals surface area contributed by atoms with E-state index in [0.717, 1.165) is 0 Å². The minimum absolute atomic E-state index is 0.158. The predicted octanol–water partition coefficient (Wildman–Crippen LogP) is 4.66. The molecule has 0 fully saturated rings. The zero-order chi connectivity index (χ0) is 15.1. The monoisotopic (exact) mass is 369 g/mol. The number of benzene rings is 1. The molecule has 0 atom stereocenters. The van der Waals surface area contributed by atoms with Crippen molar-refractivity contribution in [2.75, 3.05) is 0 Å². The zero-order valence-electron chi connectivity index (χ0n) is 9.73. The molecular weight excluding hydrogens is 364 g/mol. The molecule has 0 amide bonds. The lowest BCUT2D eigenvalue weighted by Crippen LogP contribution is -2.02. The summed E-state index contributed by atoms with van der Waals surface area (Å²) in [7, 11) is 7.36. The Hall–Kier alpha value is -0.650. The molecule has 8 heteroatoms. The molecule has 0 aliphatic rings. The Labute approximate surface area is 137 Å². The first-order valence-corrected chi connectivity index (χ1v) is 8.62. The molecule has 3 nitrogen and oxygen atoms in total. The molecule has 0 aliphatic heterocycles. The van der Waals surface area contributed by atoms with Crippen molar-refractivity contribution < 1.29 is 9.00 Å². The molecule has 0 spiro atoms. The molecule has 1 aromatic heterocycles. The predicted molar refractivity (Wildman–Crippen MR) is 84.0 cm³/mol. The van der Waals surface area contributed by atoms with Gasteiger partial charge in [-0.3, -0.25) is 4.79 Å². The summed E-state index contributed by atoms with van der Waals surface area (Å²) in [5, 5.41) is 0.802. The minimum Gasteiger partial charge on any atom is -0.288 e. The van der Waals surface area contributed by atoms with Crippen LogP contribution in [0.4, 0.5) is 0 Å². The average Bonchev–Trinajstić information content (AvgIpc) is 2.39. The minimum atomic E-state index is -1.67. The van der Waals surface area contributed by atoms with Crippen LogP contribution in [0.3, 0.4) is 0 Å². The number of carbonyl (C=O) groups excluding carboxylic acids is 1. The van der Waals surface area contributed by atoms with Gasteiger partial charge in [0.05, 0.1) is 5.56 Å². The Morgan fingerprint density at radius 1 is 1.05 bits per heavy atom. The van der Waals surface area contributed by atoms with E-state index in [0.29, 0.717) is 16.1 Å². The average molecular weight is 371 g/mol. The maximum atomic E-state index is 12.0. The van der Waals surface area contributed by atoms with Crippen LogP contribution in [0, 0.1) is 0 Å². The van der Waals surface area contributed by atoms with Crippen LogP contribution in [0.5, 0.6) is 0 Å². The molecule has 0 saturated carbocycles. The van der Waals surface area contributed by atoms with Gasteiger partial charge < -0.3 is 0 Å². The maximum Gasteiger partial charge on any atom is 0.211 e. The fourth-order valence-corrected chi connectivity index (χ4v) is 1.64. The molecule has 0 bridgehead atoms. The molecule has 0 N–H and O–H groups in total. The zero-order valence-corrected chi connectivity index (χ0v) is 13.6.